The Morgan fingerprint density at radius 1 is 1.00 bits per heavy atom. The molecule has 1 heterocycles. The van der Waals surface area contributed by atoms with Crippen molar-refractivity contribution < 1.29 is 35.9 Å². The number of carbonyl (C=O) groups excluding carboxylic acids is 1. The zero-order valence-electron chi connectivity index (χ0n) is 24.2. The highest BCUT2D eigenvalue weighted by atomic mass is 32.2. The van der Waals surface area contributed by atoms with Crippen molar-refractivity contribution >= 4 is 29.2 Å². The predicted octanol–water partition coefficient (Wildman–Crippen LogP) is 5.85. The van der Waals surface area contributed by atoms with Gasteiger partial charge in [-0.2, -0.15) is 13.2 Å². The molecule has 0 radical (unpaired) electrons. The Bertz CT molecular complexity index is 1210. The number of sulfonamides is 1. The van der Waals surface area contributed by atoms with E-state index in [0.29, 0.717) is 0 Å². The number of carbonyl (C=O) groups is 1. The average Bonchev–Trinajstić information content (AvgIpc) is 2.84. The van der Waals surface area contributed by atoms with E-state index in [1.807, 2.05) is 0 Å². The lowest BCUT2D eigenvalue weighted by atomic mass is 9.99. The SMILES string of the molecule is CCC[P+](CCC)(CCC)Cc1c(-c2ccc(F)cc2)nc(N(C)S(C)(=O)=O)nc1C(C)C.O=C([O-])C(F)(F)F. The van der Waals surface area contributed by atoms with Gasteiger partial charge in [-0.25, -0.2) is 27.1 Å². The van der Waals surface area contributed by atoms with E-state index in [4.69, 9.17) is 19.9 Å². The highest BCUT2D eigenvalue weighted by molar-refractivity contribution is 7.92. The molecule has 0 amide bonds. The van der Waals surface area contributed by atoms with Gasteiger partial charge in [0.2, 0.25) is 16.0 Å². The highest BCUT2D eigenvalue weighted by Gasteiger charge is 2.38. The molecule has 226 valence electrons. The second kappa shape index (κ2) is 15.1. The van der Waals surface area contributed by atoms with Crippen LogP contribution in [0.3, 0.4) is 0 Å². The third-order valence-corrected chi connectivity index (χ3v) is 12.6. The molecule has 0 aliphatic carbocycles. The van der Waals surface area contributed by atoms with Gasteiger partial charge in [-0.1, -0.05) is 34.6 Å². The monoisotopic (exact) mass is 609 g/mol. The van der Waals surface area contributed by atoms with E-state index in [2.05, 4.69) is 34.6 Å². The van der Waals surface area contributed by atoms with Crippen molar-refractivity contribution in [3.8, 4) is 11.3 Å². The number of nitrogens with zero attached hydrogens (tertiary/aromatic N) is 3. The number of rotatable bonds is 12. The maximum absolute atomic E-state index is 13.7. The zero-order valence-corrected chi connectivity index (χ0v) is 25.9. The predicted molar refractivity (Wildman–Crippen MR) is 152 cm³/mol. The number of hydrogen-bond donors (Lipinski definition) is 0. The lowest BCUT2D eigenvalue weighted by Crippen LogP contribution is -2.37. The summed E-state index contributed by atoms with van der Waals surface area (Å²) in [4.78, 5) is 18.3. The molecule has 0 saturated heterocycles. The first-order valence-corrected chi connectivity index (χ1v) is 17.5. The molecule has 1 aromatic carbocycles. The molecule has 1 aromatic heterocycles. The molecule has 0 N–H and O–H groups in total. The minimum absolute atomic E-state index is 0.0979. The number of halogens is 4. The van der Waals surface area contributed by atoms with E-state index in [0.717, 1.165) is 58.5 Å². The third-order valence-electron chi connectivity index (χ3n) is 6.29. The maximum Gasteiger partial charge on any atom is 0.430 e. The Hall–Kier alpha value is -2.33. The average molecular weight is 610 g/mol. The Morgan fingerprint density at radius 2 is 1.45 bits per heavy atom. The molecule has 7 nitrogen and oxygen atoms in total. The van der Waals surface area contributed by atoms with Gasteiger partial charge in [0.1, 0.15) is 11.8 Å². The summed E-state index contributed by atoms with van der Waals surface area (Å²) in [5, 5.41) is 8.78. The normalized spacial score (nSPS) is 12.2. The Balaban J connectivity index is 0.00000101. The van der Waals surface area contributed by atoms with Crippen LogP contribution >= 0.6 is 7.26 Å². The number of hydrogen-bond acceptors (Lipinski definition) is 6. The number of anilines is 1. The third kappa shape index (κ3) is 10.3. The van der Waals surface area contributed by atoms with Crippen LogP contribution in [0.2, 0.25) is 0 Å². The first-order chi connectivity index (χ1) is 18.4. The highest BCUT2D eigenvalue weighted by Crippen LogP contribution is 2.63. The van der Waals surface area contributed by atoms with Crippen LogP contribution in [0, 0.1) is 5.82 Å². The van der Waals surface area contributed by atoms with Crippen LogP contribution < -0.4 is 9.41 Å². The van der Waals surface area contributed by atoms with Crippen molar-refractivity contribution in [1.29, 1.82) is 0 Å². The lowest BCUT2D eigenvalue weighted by Gasteiger charge is -2.29. The number of benzene rings is 1. The van der Waals surface area contributed by atoms with E-state index in [1.165, 1.54) is 37.7 Å². The van der Waals surface area contributed by atoms with Crippen LogP contribution in [0.4, 0.5) is 23.5 Å². The standard InChI is InChI=1S/C25H40FN3O2PS.C2HF3O2/c1-8-15-32(16-9-2,17-10-3)18-22-23(19(4)5)27-25(29(6)33(7,30)31)28-24(22)20-11-13-21(26)14-12-20;3-2(4,5)1(6)7/h11-14,19H,8-10,15-18H2,1-7H3;(H,6,7)/q+1;/p-1. The van der Waals surface area contributed by atoms with Gasteiger partial charge in [0, 0.05) is 25.4 Å². The fourth-order valence-corrected chi connectivity index (χ4v) is 9.94. The molecule has 0 aliphatic rings. The summed E-state index contributed by atoms with van der Waals surface area (Å²) in [6.45, 7) is 10.9. The molecule has 0 bridgehead atoms. The number of carboxylic acid groups (broad SMARTS) is 1. The number of alkyl halides is 3. The van der Waals surface area contributed by atoms with Gasteiger partial charge in [-0.15, -0.1) is 0 Å². The fraction of sp³-hybridized carbons (Fsp3) is 0.593. The molecule has 0 saturated carbocycles. The van der Waals surface area contributed by atoms with Crippen LogP contribution in [0.5, 0.6) is 0 Å². The van der Waals surface area contributed by atoms with Crippen LogP contribution in [-0.4, -0.2) is 62.3 Å². The van der Waals surface area contributed by atoms with Crippen molar-refractivity contribution in [2.75, 3.05) is 36.1 Å². The minimum atomic E-state index is -5.19. The minimum Gasteiger partial charge on any atom is -0.542 e. The molecular weight excluding hydrogens is 569 g/mol. The summed E-state index contributed by atoms with van der Waals surface area (Å²) in [6.07, 6.45) is 3.99. The molecule has 13 heteroatoms. The second-order valence-corrected chi connectivity index (χ2v) is 16.4. The van der Waals surface area contributed by atoms with Gasteiger partial charge in [0.25, 0.3) is 0 Å². The summed E-state index contributed by atoms with van der Waals surface area (Å²) < 4.78 is 71.0. The Morgan fingerprint density at radius 3 is 1.80 bits per heavy atom. The summed E-state index contributed by atoms with van der Waals surface area (Å²) >= 11 is 0. The molecule has 0 fully saturated rings. The van der Waals surface area contributed by atoms with E-state index in [9.17, 15) is 26.0 Å². The van der Waals surface area contributed by atoms with Gasteiger partial charge in [0.15, 0.2) is 0 Å². The Labute approximate surface area is 235 Å². The van der Waals surface area contributed by atoms with Crippen LogP contribution in [0.25, 0.3) is 11.3 Å². The number of aliphatic carboxylic acids is 1. The van der Waals surface area contributed by atoms with Crippen LogP contribution in [-0.2, 0) is 21.0 Å². The maximum atomic E-state index is 13.7. The first kappa shape index (κ1) is 35.7. The molecule has 0 atom stereocenters. The molecule has 40 heavy (non-hydrogen) atoms. The van der Waals surface area contributed by atoms with Crippen molar-refractivity contribution in [2.45, 2.75) is 72.1 Å². The van der Waals surface area contributed by atoms with Gasteiger partial charge >= 0.3 is 6.18 Å². The smallest absolute Gasteiger partial charge is 0.430 e. The largest absolute Gasteiger partial charge is 0.542 e. The first-order valence-electron chi connectivity index (χ1n) is 13.2. The molecule has 0 aliphatic heterocycles. The summed E-state index contributed by atoms with van der Waals surface area (Å²) in [6, 6.07) is 6.33. The quantitative estimate of drug-likeness (QED) is 0.221. The van der Waals surface area contributed by atoms with E-state index < -0.39 is 29.4 Å². The zero-order chi connectivity index (χ0) is 30.9. The fourth-order valence-electron chi connectivity index (χ4n) is 4.59. The molecule has 0 spiro atoms. The molecular formula is C27H40F4N3O4PS. The van der Waals surface area contributed by atoms with Crippen molar-refractivity contribution in [3.05, 3.63) is 41.3 Å². The van der Waals surface area contributed by atoms with Gasteiger partial charge < -0.3 is 9.90 Å². The number of carboxylic acids is 1. The van der Waals surface area contributed by atoms with E-state index in [1.54, 1.807) is 12.1 Å². The van der Waals surface area contributed by atoms with E-state index in [-0.39, 0.29) is 17.7 Å². The van der Waals surface area contributed by atoms with Gasteiger partial charge in [0.05, 0.1) is 42.3 Å². The number of aromatic nitrogens is 2. The van der Waals surface area contributed by atoms with Gasteiger partial charge in [-0.05, 0) is 49.4 Å². The van der Waals surface area contributed by atoms with Crippen LogP contribution in [0.15, 0.2) is 24.3 Å². The molecule has 2 rings (SSSR count). The lowest BCUT2D eigenvalue weighted by molar-refractivity contribution is -0.344. The summed E-state index contributed by atoms with van der Waals surface area (Å²) in [7, 11) is -3.34. The summed E-state index contributed by atoms with van der Waals surface area (Å²) in [5.41, 5.74) is 3.52. The second-order valence-electron chi connectivity index (χ2n) is 10.1. The molecule has 0 unspecified atom stereocenters. The molecule has 2 aromatic rings. The van der Waals surface area contributed by atoms with Crippen molar-refractivity contribution in [1.82, 2.24) is 9.97 Å². The topological polar surface area (TPSA) is 103 Å². The summed E-state index contributed by atoms with van der Waals surface area (Å²) in [5.74, 6) is -3.06. The Kier molecular flexibility index (Phi) is 13.4. The van der Waals surface area contributed by atoms with Crippen molar-refractivity contribution in [2.24, 2.45) is 0 Å². The van der Waals surface area contributed by atoms with E-state index >= 15 is 0 Å². The van der Waals surface area contributed by atoms with Crippen molar-refractivity contribution in [3.63, 3.8) is 0 Å². The van der Waals surface area contributed by atoms with Crippen LogP contribution in [0.1, 0.15) is 71.1 Å². The van der Waals surface area contributed by atoms with Gasteiger partial charge in [-0.3, -0.25) is 0 Å².